The second-order valence-electron chi connectivity index (χ2n) is 4.51. The van der Waals surface area contributed by atoms with Crippen LogP contribution in [0.2, 0.25) is 6.82 Å². The number of nitrogens with zero attached hydrogens (tertiary/aromatic N) is 1. The fourth-order valence-electron chi connectivity index (χ4n) is 1.77. The van der Waals surface area contributed by atoms with Gasteiger partial charge >= 0.3 is 0 Å². The van der Waals surface area contributed by atoms with E-state index in [0.29, 0.717) is 5.47 Å². The Bertz CT molecular complexity index is 777. The van der Waals surface area contributed by atoms with E-state index in [4.69, 9.17) is 11.6 Å². The van der Waals surface area contributed by atoms with E-state index < -0.39 is 10.0 Å². The van der Waals surface area contributed by atoms with Gasteiger partial charge in [0.1, 0.15) is 0 Å². The molecule has 0 saturated heterocycles. The second-order valence-corrected chi connectivity index (χ2v) is 6.53. The van der Waals surface area contributed by atoms with Crippen molar-refractivity contribution in [2.75, 3.05) is 0 Å². The van der Waals surface area contributed by atoms with Gasteiger partial charge in [0.15, 0.2) is 13.1 Å². The number of aryl methyl sites for hydroxylation is 1. The van der Waals surface area contributed by atoms with E-state index in [1.54, 1.807) is 26.2 Å². The van der Waals surface area contributed by atoms with Gasteiger partial charge in [-0.1, -0.05) is 36.1 Å². The maximum absolute atomic E-state index is 12.2. The molecule has 7 heteroatoms. The number of Topliss-reactive ketones (excluding diaryl/α,β-unsaturated/α-hetero) is 1. The lowest BCUT2D eigenvalue weighted by Crippen LogP contribution is -2.15. The molecule has 1 aliphatic carbocycles. The number of ketones is 1. The molecule has 0 spiro atoms. The highest BCUT2D eigenvalue weighted by atomic mass is 35.5. The van der Waals surface area contributed by atoms with Crippen molar-refractivity contribution in [3.63, 3.8) is 0 Å². The predicted molar refractivity (Wildman–Crippen MR) is 84.4 cm³/mol. The van der Waals surface area contributed by atoms with Crippen molar-refractivity contribution < 1.29 is 13.2 Å². The minimum Gasteiger partial charge on any atom is -0.289 e. The maximum atomic E-state index is 12.2. The third-order valence-electron chi connectivity index (χ3n) is 2.91. The lowest BCUT2D eigenvalue weighted by atomic mass is 9.68. The van der Waals surface area contributed by atoms with Gasteiger partial charge in [-0.25, -0.2) is 0 Å². The largest absolute Gasteiger partial charge is 0.289 e. The molecule has 0 bridgehead atoms. The Balaban J connectivity index is 2.45. The summed E-state index contributed by atoms with van der Waals surface area (Å²) in [6.07, 6.45) is 2.66. The molecule has 0 heterocycles. The third-order valence-corrected chi connectivity index (χ3v) is 4.51. The first kappa shape index (κ1) is 15.7. The topological polar surface area (TPSA) is 63.6 Å². The quantitative estimate of drug-likeness (QED) is 0.635. The Hall–Kier alpha value is -1.66. The first-order valence-corrected chi connectivity index (χ1v) is 8.00. The Kier molecular flexibility index (Phi) is 4.49. The highest BCUT2D eigenvalue weighted by molar-refractivity contribution is 7.90. The molecule has 0 saturated carbocycles. The molecule has 1 aliphatic rings. The van der Waals surface area contributed by atoms with Crippen molar-refractivity contribution in [3.05, 3.63) is 52.5 Å². The SMILES string of the molecule is C[B]C1=CC(=NS(=O)(=O)c2ccc(C)cc2)C=C(Cl)C1=O. The van der Waals surface area contributed by atoms with Gasteiger partial charge in [-0.05, 0) is 36.7 Å². The van der Waals surface area contributed by atoms with Crippen molar-refractivity contribution >= 4 is 40.4 Å². The number of sulfonamides is 1. The summed E-state index contributed by atoms with van der Waals surface area (Å²) in [7, 11) is -2.27. The van der Waals surface area contributed by atoms with Crippen molar-refractivity contribution in [1.29, 1.82) is 0 Å². The van der Waals surface area contributed by atoms with Crippen LogP contribution in [0.5, 0.6) is 0 Å². The minimum absolute atomic E-state index is 0.0524. The minimum atomic E-state index is -3.83. The summed E-state index contributed by atoms with van der Waals surface area (Å²) in [6, 6.07) is 6.37. The molecule has 0 fully saturated rings. The summed E-state index contributed by atoms with van der Waals surface area (Å²) in [5.41, 5.74) is 1.41. The van der Waals surface area contributed by atoms with E-state index in [9.17, 15) is 13.2 Å². The lowest BCUT2D eigenvalue weighted by molar-refractivity contribution is -0.111. The van der Waals surface area contributed by atoms with Gasteiger partial charge in [0.2, 0.25) is 0 Å². The lowest BCUT2D eigenvalue weighted by Gasteiger charge is -2.09. The molecular formula is C14H12BClNO3S. The number of rotatable bonds is 3. The third kappa shape index (κ3) is 3.51. The number of carbonyl (C=O) groups is 1. The fourth-order valence-corrected chi connectivity index (χ4v) is 2.96. The van der Waals surface area contributed by atoms with Crippen LogP contribution < -0.4 is 0 Å². The van der Waals surface area contributed by atoms with Crippen molar-refractivity contribution in [3.8, 4) is 0 Å². The number of allylic oxidation sites excluding steroid dienone is 4. The van der Waals surface area contributed by atoms with Gasteiger partial charge in [0.05, 0.1) is 15.6 Å². The molecule has 2 rings (SSSR count). The molecule has 0 aromatic heterocycles. The van der Waals surface area contributed by atoms with Crippen molar-refractivity contribution in [2.45, 2.75) is 18.6 Å². The van der Waals surface area contributed by atoms with Crippen LogP contribution in [0.25, 0.3) is 0 Å². The average molecular weight is 321 g/mol. The van der Waals surface area contributed by atoms with E-state index in [-0.39, 0.29) is 21.4 Å². The summed E-state index contributed by atoms with van der Waals surface area (Å²) in [5, 5.41) is -0.0524. The molecule has 0 aliphatic heterocycles. The summed E-state index contributed by atoms with van der Waals surface area (Å²) < 4.78 is 28.2. The van der Waals surface area contributed by atoms with Crippen LogP contribution in [0.3, 0.4) is 0 Å². The van der Waals surface area contributed by atoms with Gasteiger partial charge in [-0.2, -0.15) is 12.8 Å². The predicted octanol–water partition coefficient (Wildman–Crippen LogP) is 2.47. The molecular weight excluding hydrogens is 308 g/mol. The highest BCUT2D eigenvalue weighted by Gasteiger charge is 2.20. The van der Waals surface area contributed by atoms with Gasteiger partial charge in [0, 0.05) is 0 Å². The molecule has 0 unspecified atom stereocenters. The van der Waals surface area contributed by atoms with E-state index >= 15 is 0 Å². The van der Waals surface area contributed by atoms with Crippen molar-refractivity contribution in [2.24, 2.45) is 4.40 Å². The first-order valence-electron chi connectivity index (χ1n) is 6.18. The molecule has 21 heavy (non-hydrogen) atoms. The van der Waals surface area contributed by atoms with E-state index in [0.717, 1.165) is 5.56 Å². The molecule has 1 radical (unpaired) electrons. The number of hydrogen-bond donors (Lipinski definition) is 0. The van der Waals surface area contributed by atoms with Crippen LogP contribution in [0.15, 0.2) is 56.2 Å². The van der Waals surface area contributed by atoms with E-state index in [1.165, 1.54) is 24.3 Å². The van der Waals surface area contributed by atoms with Gasteiger partial charge < -0.3 is 0 Å². The summed E-state index contributed by atoms with van der Waals surface area (Å²) in [6.45, 7) is 3.54. The molecule has 107 valence electrons. The Labute approximate surface area is 129 Å². The Morgan fingerprint density at radius 2 is 1.76 bits per heavy atom. The molecule has 0 amide bonds. The number of benzene rings is 1. The second kappa shape index (κ2) is 5.99. The van der Waals surface area contributed by atoms with Crippen LogP contribution in [-0.2, 0) is 14.8 Å². The maximum Gasteiger partial charge on any atom is 0.282 e. The summed E-state index contributed by atoms with van der Waals surface area (Å²) >= 11 is 5.81. The summed E-state index contributed by atoms with van der Waals surface area (Å²) in [5.74, 6) is -0.342. The van der Waals surface area contributed by atoms with E-state index in [1.807, 2.05) is 6.92 Å². The molecule has 0 atom stereocenters. The number of hydrogen-bond acceptors (Lipinski definition) is 3. The normalized spacial score (nSPS) is 17.5. The van der Waals surface area contributed by atoms with Gasteiger partial charge in [-0.15, -0.1) is 0 Å². The van der Waals surface area contributed by atoms with Crippen LogP contribution >= 0.6 is 11.6 Å². The molecule has 1 aromatic rings. The monoisotopic (exact) mass is 320 g/mol. The first-order chi connectivity index (χ1) is 9.83. The Morgan fingerprint density at radius 3 is 2.33 bits per heavy atom. The van der Waals surface area contributed by atoms with Crippen LogP contribution in [0, 0.1) is 6.92 Å². The molecule has 0 N–H and O–H groups in total. The van der Waals surface area contributed by atoms with Crippen LogP contribution in [0.1, 0.15) is 5.56 Å². The standard InChI is InChI=1S/C14H12BClNO3S/c1-9-3-5-11(6-4-9)21(19,20)17-10-7-12(15-2)14(18)13(16)8-10/h3-8H,1-2H3. The van der Waals surface area contributed by atoms with Gasteiger partial charge in [0.25, 0.3) is 10.0 Å². The highest BCUT2D eigenvalue weighted by Crippen LogP contribution is 2.19. The fraction of sp³-hybridized carbons (Fsp3) is 0.143. The summed E-state index contributed by atoms with van der Waals surface area (Å²) in [4.78, 5) is 11.8. The molecule has 1 aromatic carbocycles. The van der Waals surface area contributed by atoms with Crippen molar-refractivity contribution in [1.82, 2.24) is 0 Å². The zero-order chi connectivity index (χ0) is 15.6. The zero-order valence-electron chi connectivity index (χ0n) is 11.5. The zero-order valence-corrected chi connectivity index (χ0v) is 13.1. The van der Waals surface area contributed by atoms with E-state index in [2.05, 4.69) is 4.40 Å². The van der Waals surface area contributed by atoms with Crippen LogP contribution in [-0.4, -0.2) is 27.2 Å². The Morgan fingerprint density at radius 1 is 1.14 bits per heavy atom. The number of halogens is 1. The van der Waals surface area contributed by atoms with Gasteiger partial charge in [-0.3, -0.25) is 4.79 Å². The smallest absolute Gasteiger partial charge is 0.282 e. The van der Waals surface area contributed by atoms with Crippen LogP contribution in [0.4, 0.5) is 0 Å². The number of carbonyl (C=O) groups excluding carboxylic acids is 1. The molecule has 4 nitrogen and oxygen atoms in total. The average Bonchev–Trinajstić information content (AvgIpc) is 2.42.